The molecule has 0 unspecified atom stereocenters. The van der Waals surface area contributed by atoms with Gasteiger partial charge in [0.2, 0.25) is 5.88 Å². The molecule has 9 heteroatoms. The van der Waals surface area contributed by atoms with Gasteiger partial charge in [-0.15, -0.1) is 0 Å². The van der Waals surface area contributed by atoms with Crippen LogP contribution in [0.5, 0.6) is 5.88 Å². The molecular formula is C20H15F2N5O2. The number of halogens is 2. The van der Waals surface area contributed by atoms with E-state index in [0.29, 0.717) is 40.6 Å². The summed E-state index contributed by atoms with van der Waals surface area (Å²) in [5.41, 5.74) is 2.32. The van der Waals surface area contributed by atoms with Gasteiger partial charge in [0.05, 0.1) is 17.6 Å². The third-order valence-electron chi connectivity index (χ3n) is 4.68. The van der Waals surface area contributed by atoms with Crippen LogP contribution < -0.4 is 10.1 Å². The second kappa shape index (κ2) is 6.69. The molecule has 0 saturated carbocycles. The van der Waals surface area contributed by atoms with Crippen molar-refractivity contribution in [2.75, 3.05) is 11.9 Å². The number of nitrogens with one attached hydrogen (secondary N) is 2. The van der Waals surface area contributed by atoms with Gasteiger partial charge >= 0.3 is 0 Å². The minimum absolute atomic E-state index is 0.285. The molecule has 146 valence electrons. The van der Waals surface area contributed by atoms with E-state index >= 15 is 0 Å². The third kappa shape index (κ3) is 3.20. The van der Waals surface area contributed by atoms with Crippen molar-refractivity contribution in [2.24, 2.45) is 0 Å². The van der Waals surface area contributed by atoms with Gasteiger partial charge in [0.25, 0.3) is 5.91 Å². The van der Waals surface area contributed by atoms with Crippen LogP contribution in [0.4, 0.5) is 14.5 Å². The summed E-state index contributed by atoms with van der Waals surface area (Å²) in [4.78, 5) is 19.7. The first kappa shape index (κ1) is 17.4. The number of fused-ring (bicyclic) bond motifs is 2. The van der Waals surface area contributed by atoms with Crippen molar-refractivity contribution in [2.45, 2.75) is 13.0 Å². The van der Waals surface area contributed by atoms with E-state index in [1.807, 2.05) is 0 Å². The van der Waals surface area contributed by atoms with Crippen LogP contribution >= 0.6 is 0 Å². The molecule has 3 heterocycles. The molecule has 0 radical (unpaired) electrons. The average Bonchev–Trinajstić information content (AvgIpc) is 3.33. The zero-order chi connectivity index (χ0) is 20.0. The summed E-state index contributed by atoms with van der Waals surface area (Å²) < 4.78 is 33.9. The number of amides is 1. The predicted molar refractivity (Wildman–Crippen MR) is 102 cm³/mol. The fourth-order valence-electron chi connectivity index (χ4n) is 3.23. The number of aromatic nitrogens is 4. The van der Waals surface area contributed by atoms with Crippen molar-refractivity contribution in [1.29, 1.82) is 0 Å². The number of imidazole rings is 1. The van der Waals surface area contributed by atoms with Crippen LogP contribution in [-0.4, -0.2) is 32.3 Å². The zero-order valence-corrected chi connectivity index (χ0v) is 15.1. The Kier molecular flexibility index (Phi) is 4.01. The normalized spacial score (nSPS) is 13.2. The summed E-state index contributed by atoms with van der Waals surface area (Å²) in [5.74, 6) is -1.15. The molecule has 0 atom stereocenters. The highest BCUT2D eigenvalue weighted by Crippen LogP contribution is 2.24. The molecule has 7 nitrogen and oxygen atoms in total. The Hall–Kier alpha value is -3.75. The van der Waals surface area contributed by atoms with Gasteiger partial charge in [-0.05, 0) is 24.3 Å². The van der Waals surface area contributed by atoms with Crippen LogP contribution in [0, 0.1) is 11.6 Å². The van der Waals surface area contributed by atoms with Crippen molar-refractivity contribution in [3.05, 3.63) is 59.8 Å². The van der Waals surface area contributed by atoms with E-state index < -0.39 is 11.6 Å². The number of aromatic amines is 1. The molecule has 1 aliphatic rings. The molecule has 1 aliphatic heterocycles. The molecule has 0 aliphatic carbocycles. The fourth-order valence-corrected chi connectivity index (χ4v) is 3.23. The monoisotopic (exact) mass is 395 g/mol. The van der Waals surface area contributed by atoms with Crippen molar-refractivity contribution in [3.8, 4) is 17.3 Å². The van der Waals surface area contributed by atoms with Gasteiger partial charge in [-0.3, -0.25) is 4.79 Å². The number of carbonyl (C=O) groups excluding carboxylic acids is 1. The maximum atomic E-state index is 13.4. The number of ether oxygens (including phenoxy) is 1. The highest BCUT2D eigenvalue weighted by atomic mass is 19.2. The van der Waals surface area contributed by atoms with E-state index in [1.54, 1.807) is 35.0 Å². The zero-order valence-electron chi connectivity index (χ0n) is 15.1. The number of hydrogen-bond acceptors (Lipinski definition) is 4. The van der Waals surface area contributed by atoms with Gasteiger partial charge in [0.15, 0.2) is 17.3 Å². The Labute approximate surface area is 163 Å². The van der Waals surface area contributed by atoms with E-state index in [2.05, 4.69) is 20.4 Å². The Balaban J connectivity index is 1.35. The highest BCUT2D eigenvalue weighted by molar-refractivity contribution is 6.03. The molecule has 2 aromatic heterocycles. The van der Waals surface area contributed by atoms with Crippen LogP contribution in [0.1, 0.15) is 16.9 Å². The summed E-state index contributed by atoms with van der Waals surface area (Å²) in [6, 6.07) is 10.7. The number of carbonyl (C=O) groups is 1. The molecular weight excluding hydrogens is 380 g/mol. The largest absolute Gasteiger partial charge is 0.478 e. The van der Waals surface area contributed by atoms with Gasteiger partial charge in [0.1, 0.15) is 5.82 Å². The summed E-state index contributed by atoms with van der Waals surface area (Å²) in [7, 11) is 0. The topological polar surface area (TPSA) is 84.8 Å². The number of H-pyrrole nitrogens is 1. The molecule has 0 bridgehead atoms. The van der Waals surface area contributed by atoms with Crippen molar-refractivity contribution >= 4 is 22.6 Å². The quantitative estimate of drug-likeness (QED) is 0.554. The maximum Gasteiger partial charge on any atom is 0.276 e. The fraction of sp³-hybridized carbons (Fsp3) is 0.150. The van der Waals surface area contributed by atoms with Crippen molar-refractivity contribution in [1.82, 2.24) is 19.7 Å². The van der Waals surface area contributed by atoms with Crippen LogP contribution in [0.3, 0.4) is 0 Å². The number of nitrogens with zero attached hydrogens (tertiary/aromatic N) is 3. The van der Waals surface area contributed by atoms with Gasteiger partial charge in [-0.2, -0.15) is 5.10 Å². The molecule has 1 amide bonds. The van der Waals surface area contributed by atoms with Crippen molar-refractivity contribution in [3.63, 3.8) is 0 Å². The Bertz CT molecular complexity index is 1170. The molecule has 29 heavy (non-hydrogen) atoms. The second-order valence-corrected chi connectivity index (χ2v) is 6.69. The molecule has 0 spiro atoms. The molecule has 4 aromatic rings. The molecule has 5 rings (SSSR count). The second-order valence-electron chi connectivity index (χ2n) is 6.69. The van der Waals surface area contributed by atoms with Crippen LogP contribution in [0.15, 0.2) is 42.5 Å². The van der Waals surface area contributed by atoms with Gasteiger partial charge in [-0.1, -0.05) is 0 Å². The van der Waals surface area contributed by atoms with E-state index in [4.69, 9.17) is 4.74 Å². The van der Waals surface area contributed by atoms with Gasteiger partial charge in [-0.25, -0.2) is 18.4 Å². The first-order valence-electron chi connectivity index (χ1n) is 9.04. The number of hydrogen-bond donors (Lipinski definition) is 2. The summed E-state index contributed by atoms with van der Waals surface area (Å²) >= 11 is 0. The molecule has 0 fully saturated rings. The summed E-state index contributed by atoms with van der Waals surface area (Å²) in [6.07, 6.45) is 0.859. The first-order chi connectivity index (χ1) is 14.1. The van der Waals surface area contributed by atoms with E-state index in [0.717, 1.165) is 25.1 Å². The van der Waals surface area contributed by atoms with E-state index in [-0.39, 0.29) is 11.6 Å². The lowest BCUT2D eigenvalue weighted by Gasteiger charge is -2.13. The standard InChI is InChI=1S/C20H15F2N5O2/c21-13-8-15-16(9-14(13)22)25-19(24-15)11-2-4-12(5-3-11)23-20(28)17-10-18-27(26-17)6-1-7-29-18/h2-5,8-10H,1,6-7H2,(H,23,28)(H,24,25). The Morgan fingerprint density at radius 3 is 2.72 bits per heavy atom. The molecule has 0 saturated heterocycles. The van der Waals surface area contributed by atoms with Gasteiger partial charge in [0, 0.05) is 42.4 Å². The highest BCUT2D eigenvalue weighted by Gasteiger charge is 2.18. The number of aryl methyl sites for hydroxylation is 1. The smallest absolute Gasteiger partial charge is 0.276 e. The van der Waals surface area contributed by atoms with Gasteiger partial charge < -0.3 is 15.0 Å². The molecule has 2 N–H and O–H groups in total. The molecule has 2 aromatic carbocycles. The Morgan fingerprint density at radius 1 is 1.14 bits per heavy atom. The van der Waals surface area contributed by atoms with E-state index in [9.17, 15) is 13.6 Å². The average molecular weight is 395 g/mol. The van der Waals surface area contributed by atoms with Crippen molar-refractivity contribution < 1.29 is 18.3 Å². The maximum absolute atomic E-state index is 13.4. The minimum atomic E-state index is -0.944. The third-order valence-corrected chi connectivity index (χ3v) is 4.68. The lowest BCUT2D eigenvalue weighted by molar-refractivity contribution is 0.102. The lowest BCUT2D eigenvalue weighted by Crippen LogP contribution is -2.16. The summed E-state index contributed by atoms with van der Waals surface area (Å²) in [5, 5.41) is 7.04. The van der Waals surface area contributed by atoms with Crippen LogP contribution in [0.25, 0.3) is 22.4 Å². The first-order valence-corrected chi connectivity index (χ1v) is 9.04. The number of benzene rings is 2. The summed E-state index contributed by atoms with van der Waals surface area (Å²) in [6.45, 7) is 1.35. The minimum Gasteiger partial charge on any atom is -0.478 e. The number of rotatable bonds is 3. The lowest BCUT2D eigenvalue weighted by atomic mass is 10.2. The SMILES string of the molecule is O=C(Nc1ccc(-c2nc3cc(F)c(F)cc3[nH]2)cc1)c1cc2n(n1)CCCO2. The predicted octanol–water partition coefficient (Wildman–Crippen LogP) is 3.74. The Morgan fingerprint density at radius 2 is 1.93 bits per heavy atom. The van der Waals surface area contributed by atoms with Crippen LogP contribution in [-0.2, 0) is 6.54 Å². The number of anilines is 1. The van der Waals surface area contributed by atoms with Crippen LogP contribution in [0.2, 0.25) is 0 Å². The van der Waals surface area contributed by atoms with E-state index in [1.165, 1.54) is 0 Å².